The Balaban J connectivity index is 1.95. The van der Waals surface area contributed by atoms with Crippen molar-refractivity contribution in [1.29, 1.82) is 0 Å². The Morgan fingerprint density at radius 3 is 2.89 bits per heavy atom. The van der Waals surface area contributed by atoms with Crippen LogP contribution in [0.2, 0.25) is 0 Å². The molecule has 1 aliphatic rings. The van der Waals surface area contributed by atoms with Gasteiger partial charge in [0.25, 0.3) is 0 Å². The first-order chi connectivity index (χ1) is 9.20. The Bertz CT molecular complexity index is 411. The van der Waals surface area contributed by atoms with Crippen molar-refractivity contribution >= 4 is 5.97 Å². The van der Waals surface area contributed by atoms with E-state index in [4.69, 9.17) is 5.73 Å². The second-order valence-electron chi connectivity index (χ2n) is 5.40. The Hall–Kier alpha value is -1.36. The van der Waals surface area contributed by atoms with Gasteiger partial charge in [-0.2, -0.15) is 5.10 Å². The predicted octanol–water partition coefficient (Wildman–Crippen LogP) is 1.98. The maximum absolute atomic E-state index is 11.2. The van der Waals surface area contributed by atoms with E-state index in [1.54, 1.807) is 0 Å². The van der Waals surface area contributed by atoms with Gasteiger partial charge in [-0.3, -0.25) is 9.48 Å². The summed E-state index contributed by atoms with van der Waals surface area (Å²) in [6.07, 6.45) is 8.81. The van der Waals surface area contributed by atoms with E-state index in [9.17, 15) is 9.90 Å². The molecule has 1 atom stereocenters. The van der Waals surface area contributed by atoms with Crippen LogP contribution in [-0.2, 0) is 11.2 Å². The van der Waals surface area contributed by atoms with Crippen LogP contribution in [0, 0.1) is 5.92 Å². The van der Waals surface area contributed by atoms with Crippen LogP contribution < -0.4 is 5.73 Å². The molecule has 1 aromatic heterocycles. The van der Waals surface area contributed by atoms with Gasteiger partial charge in [0, 0.05) is 12.6 Å². The third-order valence-corrected chi connectivity index (χ3v) is 3.92. The van der Waals surface area contributed by atoms with Crippen molar-refractivity contribution in [2.75, 3.05) is 6.54 Å². The molecule has 0 saturated heterocycles. The van der Waals surface area contributed by atoms with Crippen molar-refractivity contribution in [3.8, 4) is 0 Å². The van der Waals surface area contributed by atoms with E-state index in [1.165, 1.54) is 25.7 Å². The van der Waals surface area contributed by atoms with Gasteiger partial charge in [0.15, 0.2) is 0 Å². The maximum Gasteiger partial charge on any atom is 0.306 e. The molecule has 106 valence electrons. The topological polar surface area (TPSA) is 81.1 Å². The molecule has 1 fully saturated rings. The summed E-state index contributed by atoms with van der Waals surface area (Å²) in [4.78, 5) is 11.2. The highest BCUT2D eigenvalue weighted by Gasteiger charge is 2.21. The highest BCUT2D eigenvalue weighted by molar-refractivity contribution is 5.70. The van der Waals surface area contributed by atoms with E-state index in [2.05, 4.69) is 5.10 Å². The first-order valence-corrected chi connectivity index (χ1v) is 7.17. The minimum absolute atomic E-state index is 0.365. The minimum Gasteiger partial charge on any atom is -0.481 e. The quantitative estimate of drug-likeness (QED) is 0.790. The molecular formula is C14H23N3O2. The highest BCUT2D eigenvalue weighted by atomic mass is 16.4. The fourth-order valence-corrected chi connectivity index (χ4v) is 2.79. The Labute approximate surface area is 113 Å². The normalized spacial score (nSPS) is 17.7. The third kappa shape index (κ3) is 3.80. The number of carboxylic acids is 1. The number of carbonyl (C=O) groups is 1. The molecule has 0 amide bonds. The maximum atomic E-state index is 11.2. The van der Waals surface area contributed by atoms with Gasteiger partial charge >= 0.3 is 5.97 Å². The summed E-state index contributed by atoms with van der Waals surface area (Å²) in [5.41, 5.74) is 6.33. The number of rotatable bonds is 7. The van der Waals surface area contributed by atoms with E-state index < -0.39 is 5.97 Å². The van der Waals surface area contributed by atoms with E-state index in [0.29, 0.717) is 25.4 Å². The molecule has 0 aliphatic heterocycles. The molecule has 0 spiro atoms. The molecule has 1 aromatic rings. The summed E-state index contributed by atoms with van der Waals surface area (Å²) < 4.78 is 2.02. The van der Waals surface area contributed by atoms with Crippen LogP contribution in [-0.4, -0.2) is 27.4 Å². The van der Waals surface area contributed by atoms with Crippen molar-refractivity contribution in [3.63, 3.8) is 0 Å². The fraction of sp³-hybridized carbons (Fsp3) is 0.714. The zero-order valence-corrected chi connectivity index (χ0v) is 11.3. The Morgan fingerprint density at radius 2 is 2.26 bits per heavy atom. The molecule has 5 heteroatoms. The van der Waals surface area contributed by atoms with Gasteiger partial charge in [0.1, 0.15) is 0 Å². The van der Waals surface area contributed by atoms with Crippen LogP contribution in [0.15, 0.2) is 12.3 Å². The van der Waals surface area contributed by atoms with Crippen LogP contribution >= 0.6 is 0 Å². The summed E-state index contributed by atoms with van der Waals surface area (Å²) in [6.45, 7) is 0.542. The molecule has 1 heterocycles. The van der Waals surface area contributed by atoms with Crippen LogP contribution in [0.3, 0.4) is 0 Å². The van der Waals surface area contributed by atoms with E-state index in [-0.39, 0.29) is 5.92 Å². The zero-order valence-electron chi connectivity index (χ0n) is 11.3. The summed E-state index contributed by atoms with van der Waals surface area (Å²) in [5.74, 6) is -1.11. The van der Waals surface area contributed by atoms with Crippen molar-refractivity contribution in [1.82, 2.24) is 9.78 Å². The van der Waals surface area contributed by atoms with Gasteiger partial charge in [-0.1, -0.05) is 12.8 Å². The predicted molar refractivity (Wildman–Crippen MR) is 72.9 cm³/mol. The molecule has 0 bridgehead atoms. The molecule has 1 aliphatic carbocycles. The first kappa shape index (κ1) is 14.1. The lowest BCUT2D eigenvalue weighted by molar-refractivity contribution is -0.142. The third-order valence-electron chi connectivity index (χ3n) is 3.92. The molecule has 1 saturated carbocycles. The number of nitrogens with zero attached hydrogens (tertiary/aromatic N) is 2. The lowest BCUT2D eigenvalue weighted by atomic mass is 9.98. The van der Waals surface area contributed by atoms with Crippen LogP contribution in [0.4, 0.5) is 0 Å². The SMILES string of the molecule is NCCCC(Cc1ccn(C2CCCC2)n1)C(=O)O. The monoisotopic (exact) mass is 265 g/mol. The van der Waals surface area contributed by atoms with Gasteiger partial charge in [0.05, 0.1) is 17.7 Å². The number of aliphatic carboxylic acids is 1. The summed E-state index contributed by atoms with van der Waals surface area (Å²) in [5, 5.41) is 13.7. The van der Waals surface area contributed by atoms with Gasteiger partial charge in [-0.25, -0.2) is 0 Å². The molecule has 0 radical (unpaired) electrons. The lowest BCUT2D eigenvalue weighted by Gasteiger charge is -2.11. The van der Waals surface area contributed by atoms with E-state index >= 15 is 0 Å². The number of nitrogens with two attached hydrogens (primary N) is 1. The van der Waals surface area contributed by atoms with Gasteiger partial charge < -0.3 is 10.8 Å². The van der Waals surface area contributed by atoms with Crippen molar-refractivity contribution in [3.05, 3.63) is 18.0 Å². The van der Waals surface area contributed by atoms with Crippen molar-refractivity contribution < 1.29 is 9.90 Å². The second kappa shape index (κ2) is 6.70. The van der Waals surface area contributed by atoms with E-state index in [1.807, 2.05) is 16.9 Å². The average Bonchev–Trinajstić information content (AvgIpc) is 3.04. The molecular weight excluding hydrogens is 242 g/mol. The smallest absolute Gasteiger partial charge is 0.306 e. The first-order valence-electron chi connectivity index (χ1n) is 7.17. The number of hydrogen-bond acceptors (Lipinski definition) is 3. The molecule has 19 heavy (non-hydrogen) atoms. The van der Waals surface area contributed by atoms with Crippen molar-refractivity contribution in [2.24, 2.45) is 11.7 Å². The number of hydrogen-bond donors (Lipinski definition) is 2. The molecule has 1 unspecified atom stereocenters. The standard InChI is InChI=1S/C14H23N3O2/c15-8-3-4-11(14(18)19)10-12-7-9-17(16-12)13-5-1-2-6-13/h7,9,11,13H,1-6,8,10,15H2,(H,18,19). The summed E-state index contributed by atoms with van der Waals surface area (Å²) >= 11 is 0. The van der Waals surface area contributed by atoms with E-state index in [0.717, 1.165) is 12.1 Å². The Kier molecular flexibility index (Phi) is 4.96. The summed E-state index contributed by atoms with van der Waals surface area (Å²) in [7, 11) is 0. The summed E-state index contributed by atoms with van der Waals surface area (Å²) in [6, 6.07) is 2.47. The van der Waals surface area contributed by atoms with Crippen molar-refractivity contribution in [2.45, 2.75) is 51.0 Å². The fourth-order valence-electron chi connectivity index (χ4n) is 2.79. The van der Waals surface area contributed by atoms with Gasteiger partial charge in [0.2, 0.25) is 0 Å². The molecule has 0 aromatic carbocycles. The Morgan fingerprint density at radius 1 is 1.53 bits per heavy atom. The minimum atomic E-state index is -0.746. The van der Waals surface area contributed by atoms with Crippen LogP contribution in [0.1, 0.15) is 50.3 Å². The zero-order chi connectivity index (χ0) is 13.7. The largest absolute Gasteiger partial charge is 0.481 e. The van der Waals surface area contributed by atoms with Crippen LogP contribution in [0.25, 0.3) is 0 Å². The number of carboxylic acid groups (broad SMARTS) is 1. The highest BCUT2D eigenvalue weighted by Crippen LogP contribution is 2.29. The van der Waals surface area contributed by atoms with Gasteiger partial charge in [-0.15, -0.1) is 0 Å². The molecule has 5 nitrogen and oxygen atoms in total. The molecule has 2 rings (SSSR count). The average molecular weight is 265 g/mol. The van der Waals surface area contributed by atoms with Gasteiger partial charge in [-0.05, 0) is 38.3 Å². The van der Waals surface area contributed by atoms with Crippen LogP contribution in [0.5, 0.6) is 0 Å². The lowest BCUT2D eigenvalue weighted by Crippen LogP contribution is -2.18. The second-order valence-corrected chi connectivity index (χ2v) is 5.40. The number of aromatic nitrogens is 2. The molecule has 3 N–H and O–H groups in total.